The van der Waals surface area contributed by atoms with E-state index in [4.69, 9.17) is 4.74 Å². The Morgan fingerprint density at radius 1 is 1.19 bits per heavy atom. The number of piperazine rings is 1. The van der Waals surface area contributed by atoms with Crippen molar-refractivity contribution in [3.63, 3.8) is 0 Å². The number of hydrogen-bond acceptors (Lipinski definition) is 6. The van der Waals surface area contributed by atoms with Crippen molar-refractivity contribution in [1.82, 2.24) is 10.2 Å². The Labute approximate surface area is 154 Å². The van der Waals surface area contributed by atoms with Crippen LogP contribution in [0.1, 0.15) is 20.3 Å². The molecule has 1 fully saturated rings. The van der Waals surface area contributed by atoms with Crippen LogP contribution in [-0.4, -0.2) is 67.8 Å². The van der Waals surface area contributed by atoms with Gasteiger partial charge in [-0.25, -0.2) is 4.79 Å². The molecule has 26 heavy (non-hydrogen) atoms. The summed E-state index contributed by atoms with van der Waals surface area (Å²) >= 11 is 0. The zero-order chi connectivity index (χ0) is 19.1. The fraction of sp³-hybridized carbons (Fsp3) is 0.579. The summed E-state index contributed by atoms with van der Waals surface area (Å²) in [6, 6.07) is 6.54. The Kier molecular flexibility index (Phi) is 7.26. The smallest absolute Gasteiger partial charge is 0.328 e. The first-order valence-corrected chi connectivity index (χ1v) is 9.08. The number of phenols is 1. The number of anilines is 1. The van der Waals surface area contributed by atoms with Gasteiger partial charge >= 0.3 is 5.97 Å². The highest BCUT2D eigenvalue weighted by atomic mass is 16.5. The van der Waals surface area contributed by atoms with Gasteiger partial charge in [0.05, 0.1) is 13.7 Å². The molecule has 0 unspecified atom stereocenters. The molecule has 0 spiro atoms. The summed E-state index contributed by atoms with van der Waals surface area (Å²) in [5.74, 6) is -0.271. The van der Waals surface area contributed by atoms with Gasteiger partial charge < -0.3 is 20.1 Å². The molecule has 144 valence electrons. The van der Waals surface area contributed by atoms with E-state index in [0.717, 1.165) is 38.3 Å². The van der Waals surface area contributed by atoms with Crippen LogP contribution in [0.15, 0.2) is 24.3 Å². The lowest BCUT2D eigenvalue weighted by Gasteiger charge is -2.36. The molecule has 0 aromatic heterocycles. The Morgan fingerprint density at radius 2 is 1.81 bits per heavy atom. The zero-order valence-electron chi connectivity index (χ0n) is 15.8. The highest BCUT2D eigenvalue weighted by Crippen LogP contribution is 2.19. The molecular weight excluding hydrogens is 334 g/mol. The van der Waals surface area contributed by atoms with Gasteiger partial charge in [0.2, 0.25) is 5.91 Å². The van der Waals surface area contributed by atoms with E-state index in [9.17, 15) is 14.7 Å². The molecule has 0 saturated carbocycles. The van der Waals surface area contributed by atoms with Crippen LogP contribution in [0.5, 0.6) is 5.75 Å². The molecule has 1 aromatic carbocycles. The van der Waals surface area contributed by atoms with E-state index in [1.165, 1.54) is 7.11 Å². The maximum atomic E-state index is 12.3. The molecule has 1 saturated heterocycles. The van der Waals surface area contributed by atoms with Crippen LogP contribution in [0.25, 0.3) is 0 Å². The van der Waals surface area contributed by atoms with Crippen molar-refractivity contribution in [3.05, 3.63) is 24.3 Å². The first-order chi connectivity index (χ1) is 12.4. The number of carbonyl (C=O) groups is 2. The van der Waals surface area contributed by atoms with Gasteiger partial charge in [-0.15, -0.1) is 0 Å². The number of amides is 1. The maximum absolute atomic E-state index is 12.3. The number of benzene rings is 1. The van der Waals surface area contributed by atoms with Crippen LogP contribution < -0.4 is 10.2 Å². The van der Waals surface area contributed by atoms with E-state index in [0.29, 0.717) is 0 Å². The number of ether oxygens (including phenoxy) is 1. The summed E-state index contributed by atoms with van der Waals surface area (Å²) in [4.78, 5) is 28.5. The van der Waals surface area contributed by atoms with Crippen molar-refractivity contribution in [3.8, 4) is 5.75 Å². The Bertz CT molecular complexity index is 597. The molecule has 1 heterocycles. The SMILES string of the molecule is CC[C@@H](C)[C@@H](NC(=O)CN1CCN(c2ccc(O)cc2)CC1)C(=O)OC. The molecular formula is C19H29N3O4. The lowest BCUT2D eigenvalue weighted by molar-refractivity contribution is -0.146. The number of esters is 1. The van der Waals surface area contributed by atoms with E-state index in [2.05, 4.69) is 15.1 Å². The van der Waals surface area contributed by atoms with Crippen LogP contribution in [0.3, 0.4) is 0 Å². The maximum Gasteiger partial charge on any atom is 0.328 e. The monoisotopic (exact) mass is 363 g/mol. The van der Waals surface area contributed by atoms with E-state index in [-0.39, 0.29) is 24.1 Å². The van der Waals surface area contributed by atoms with Crippen molar-refractivity contribution >= 4 is 17.6 Å². The number of nitrogens with zero attached hydrogens (tertiary/aromatic N) is 2. The average molecular weight is 363 g/mol. The second-order valence-corrected chi connectivity index (χ2v) is 6.73. The summed E-state index contributed by atoms with van der Waals surface area (Å²) in [6.07, 6.45) is 0.783. The summed E-state index contributed by atoms with van der Waals surface area (Å²) in [5.41, 5.74) is 1.06. The van der Waals surface area contributed by atoms with Gasteiger partial charge in [-0.3, -0.25) is 9.69 Å². The zero-order valence-corrected chi connectivity index (χ0v) is 15.8. The third-order valence-corrected chi connectivity index (χ3v) is 4.94. The minimum atomic E-state index is -0.601. The van der Waals surface area contributed by atoms with Crippen LogP contribution in [-0.2, 0) is 14.3 Å². The van der Waals surface area contributed by atoms with E-state index in [1.54, 1.807) is 12.1 Å². The summed E-state index contributed by atoms with van der Waals surface area (Å²) in [6.45, 7) is 7.33. The minimum Gasteiger partial charge on any atom is -0.508 e. The van der Waals surface area contributed by atoms with Gasteiger partial charge in [0.25, 0.3) is 0 Å². The molecule has 2 N–H and O–H groups in total. The predicted molar refractivity (Wildman–Crippen MR) is 100 cm³/mol. The molecule has 2 atom stereocenters. The van der Waals surface area contributed by atoms with Crippen LogP contribution >= 0.6 is 0 Å². The lowest BCUT2D eigenvalue weighted by atomic mass is 9.99. The highest BCUT2D eigenvalue weighted by molar-refractivity contribution is 5.85. The first kappa shape index (κ1) is 20.0. The van der Waals surface area contributed by atoms with E-state index < -0.39 is 12.0 Å². The predicted octanol–water partition coefficient (Wildman–Crippen LogP) is 1.22. The Hall–Kier alpha value is -2.28. The van der Waals surface area contributed by atoms with Crippen molar-refractivity contribution in [1.29, 1.82) is 0 Å². The lowest BCUT2D eigenvalue weighted by Crippen LogP contribution is -2.52. The first-order valence-electron chi connectivity index (χ1n) is 9.08. The molecule has 1 aromatic rings. The highest BCUT2D eigenvalue weighted by Gasteiger charge is 2.27. The quantitative estimate of drug-likeness (QED) is 0.709. The largest absolute Gasteiger partial charge is 0.508 e. The summed E-state index contributed by atoms with van der Waals surface area (Å²) in [5, 5.41) is 12.2. The number of hydrogen-bond donors (Lipinski definition) is 2. The number of rotatable bonds is 7. The normalized spacial score (nSPS) is 17.4. The standard InChI is InChI=1S/C19H29N3O4/c1-4-14(2)18(19(25)26-3)20-17(24)13-21-9-11-22(12-10-21)15-5-7-16(23)8-6-15/h5-8,14,18,23H,4,9-13H2,1-3H3,(H,20,24)/t14-,18-/m1/s1. The Morgan fingerprint density at radius 3 is 2.35 bits per heavy atom. The number of methoxy groups -OCH3 is 1. The second kappa shape index (κ2) is 9.43. The van der Waals surface area contributed by atoms with Crippen LogP contribution in [0, 0.1) is 5.92 Å². The fourth-order valence-corrected chi connectivity index (χ4v) is 3.05. The molecule has 2 rings (SSSR count). The van der Waals surface area contributed by atoms with Crippen molar-refractivity contribution < 1.29 is 19.4 Å². The van der Waals surface area contributed by atoms with Crippen LogP contribution in [0.4, 0.5) is 5.69 Å². The van der Waals surface area contributed by atoms with E-state index in [1.807, 2.05) is 26.0 Å². The van der Waals surface area contributed by atoms with Gasteiger partial charge in [0.1, 0.15) is 11.8 Å². The van der Waals surface area contributed by atoms with Gasteiger partial charge in [-0.05, 0) is 30.2 Å². The molecule has 1 aliphatic rings. The molecule has 1 amide bonds. The van der Waals surface area contributed by atoms with E-state index >= 15 is 0 Å². The average Bonchev–Trinajstić information content (AvgIpc) is 2.66. The third kappa shape index (κ3) is 5.36. The molecule has 7 nitrogen and oxygen atoms in total. The number of aromatic hydroxyl groups is 1. The fourth-order valence-electron chi connectivity index (χ4n) is 3.05. The molecule has 0 bridgehead atoms. The van der Waals surface area contributed by atoms with Gasteiger partial charge in [-0.2, -0.15) is 0 Å². The third-order valence-electron chi connectivity index (χ3n) is 4.94. The molecule has 0 radical (unpaired) electrons. The van der Waals surface area contributed by atoms with Gasteiger partial charge in [-0.1, -0.05) is 20.3 Å². The topological polar surface area (TPSA) is 82.1 Å². The second-order valence-electron chi connectivity index (χ2n) is 6.73. The van der Waals surface area contributed by atoms with Gasteiger partial charge in [0, 0.05) is 31.9 Å². The van der Waals surface area contributed by atoms with Crippen LogP contribution in [0.2, 0.25) is 0 Å². The summed E-state index contributed by atoms with van der Waals surface area (Å²) < 4.78 is 4.81. The summed E-state index contributed by atoms with van der Waals surface area (Å²) in [7, 11) is 1.34. The van der Waals surface area contributed by atoms with Crippen molar-refractivity contribution in [2.75, 3.05) is 44.7 Å². The van der Waals surface area contributed by atoms with Crippen molar-refractivity contribution in [2.24, 2.45) is 5.92 Å². The Balaban J connectivity index is 1.83. The van der Waals surface area contributed by atoms with Crippen molar-refractivity contribution in [2.45, 2.75) is 26.3 Å². The van der Waals surface area contributed by atoms with Gasteiger partial charge in [0.15, 0.2) is 0 Å². The number of phenolic OH excluding ortho intramolecular Hbond substituents is 1. The minimum absolute atomic E-state index is 0.0257. The molecule has 1 aliphatic heterocycles. The molecule has 0 aliphatic carbocycles. The molecule has 7 heteroatoms. The number of carbonyl (C=O) groups excluding carboxylic acids is 2. The number of nitrogens with one attached hydrogen (secondary N) is 1.